The van der Waals surface area contributed by atoms with E-state index in [1.165, 1.54) is 11.8 Å². The number of benzene rings is 2. The second-order valence-corrected chi connectivity index (χ2v) is 7.31. The van der Waals surface area contributed by atoms with E-state index in [1.54, 1.807) is 22.8 Å². The Morgan fingerprint density at radius 2 is 2.04 bits per heavy atom. The van der Waals surface area contributed by atoms with Gasteiger partial charge in [-0.3, -0.25) is 4.79 Å². The van der Waals surface area contributed by atoms with Gasteiger partial charge in [0.25, 0.3) is 0 Å². The predicted octanol–water partition coefficient (Wildman–Crippen LogP) is 3.97. The van der Waals surface area contributed by atoms with Gasteiger partial charge in [0.15, 0.2) is 16.7 Å². The Labute approximate surface area is 165 Å². The van der Waals surface area contributed by atoms with Gasteiger partial charge in [0.1, 0.15) is 11.3 Å². The van der Waals surface area contributed by atoms with Gasteiger partial charge in [0.2, 0.25) is 5.91 Å². The second kappa shape index (κ2) is 7.40. The summed E-state index contributed by atoms with van der Waals surface area (Å²) in [4.78, 5) is 12.2. The largest absolute Gasteiger partial charge is 0.506 e. The zero-order valence-electron chi connectivity index (χ0n) is 15.3. The van der Waals surface area contributed by atoms with Gasteiger partial charge in [0.05, 0.1) is 11.4 Å². The highest BCUT2D eigenvalue weighted by Gasteiger charge is 2.16. The van der Waals surface area contributed by atoms with E-state index in [2.05, 4.69) is 15.5 Å². The summed E-state index contributed by atoms with van der Waals surface area (Å²) in [6.07, 6.45) is 0. The second-order valence-electron chi connectivity index (χ2n) is 6.37. The Morgan fingerprint density at radius 3 is 2.86 bits per heavy atom. The molecule has 28 heavy (non-hydrogen) atoms. The van der Waals surface area contributed by atoms with Crippen LogP contribution in [0.2, 0.25) is 0 Å². The molecule has 1 amide bonds. The molecule has 0 spiro atoms. The van der Waals surface area contributed by atoms with E-state index >= 15 is 0 Å². The zero-order valence-corrected chi connectivity index (χ0v) is 16.2. The van der Waals surface area contributed by atoms with Crippen LogP contribution in [0.1, 0.15) is 5.56 Å². The molecular weight excluding hydrogens is 376 g/mol. The molecule has 0 aliphatic rings. The molecule has 2 N–H and O–H groups in total. The average molecular weight is 394 g/mol. The molecule has 2 aromatic carbocycles. The number of aromatic nitrogens is 3. The lowest BCUT2D eigenvalue weighted by Gasteiger charge is -2.08. The number of nitrogens with one attached hydrogen (secondary N) is 1. The van der Waals surface area contributed by atoms with Crippen LogP contribution in [0, 0.1) is 6.92 Å². The third-order valence-electron chi connectivity index (χ3n) is 4.24. The Morgan fingerprint density at radius 1 is 1.21 bits per heavy atom. The number of thioether (sulfide) groups is 1. The van der Waals surface area contributed by atoms with Gasteiger partial charge in [-0.1, -0.05) is 36.0 Å². The van der Waals surface area contributed by atoms with Crippen LogP contribution in [0.3, 0.4) is 0 Å². The quantitative estimate of drug-likeness (QED) is 0.393. The average Bonchev–Trinajstić information content (AvgIpc) is 3.26. The van der Waals surface area contributed by atoms with Gasteiger partial charge < -0.3 is 19.4 Å². The number of phenols is 1. The number of para-hydroxylation sites is 1. The molecule has 0 bridgehead atoms. The zero-order chi connectivity index (χ0) is 19.7. The molecule has 4 rings (SSSR count). The fourth-order valence-corrected chi connectivity index (χ4v) is 3.52. The number of nitrogens with zero attached hydrogens (tertiary/aromatic N) is 3. The van der Waals surface area contributed by atoms with Crippen molar-refractivity contribution in [1.82, 2.24) is 14.8 Å². The summed E-state index contributed by atoms with van der Waals surface area (Å²) < 4.78 is 7.63. The number of aromatic hydroxyl groups is 1. The third-order valence-corrected chi connectivity index (χ3v) is 5.26. The fraction of sp³-hybridized carbons (Fsp3) is 0.150. The summed E-state index contributed by atoms with van der Waals surface area (Å²) in [5.41, 5.74) is 2.13. The first kappa shape index (κ1) is 18.1. The molecule has 0 aliphatic heterocycles. The number of fused-ring (bicyclic) bond motifs is 1. The van der Waals surface area contributed by atoms with Gasteiger partial charge in [-0.05, 0) is 36.8 Å². The topological polar surface area (TPSA) is 93.2 Å². The van der Waals surface area contributed by atoms with E-state index < -0.39 is 0 Å². The van der Waals surface area contributed by atoms with Crippen LogP contribution >= 0.6 is 11.8 Å². The van der Waals surface area contributed by atoms with Crippen molar-refractivity contribution in [3.8, 4) is 17.3 Å². The van der Waals surface area contributed by atoms with Crippen molar-refractivity contribution < 1.29 is 14.3 Å². The number of phenolic OH excluding ortho intramolecular Hbond substituents is 1. The third kappa shape index (κ3) is 3.59. The molecule has 0 unspecified atom stereocenters. The number of hydrogen-bond acceptors (Lipinski definition) is 6. The molecule has 142 valence electrons. The summed E-state index contributed by atoms with van der Waals surface area (Å²) >= 11 is 1.26. The van der Waals surface area contributed by atoms with Gasteiger partial charge in [-0.2, -0.15) is 0 Å². The Bertz CT molecular complexity index is 1130. The van der Waals surface area contributed by atoms with Crippen molar-refractivity contribution >= 4 is 34.3 Å². The maximum Gasteiger partial charge on any atom is 0.234 e. The number of furan rings is 1. The number of carbonyl (C=O) groups is 1. The minimum absolute atomic E-state index is 0.0368. The van der Waals surface area contributed by atoms with Crippen molar-refractivity contribution in [2.75, 3.05) is 11.1 Å². The highest BCUT2D eigenvalue weighted by molar-refractivity contribution is 7.99. The molecule has 4 aromatic rings. The molecule has 0 saturated heterocycles. The molecule has 0 aliphatic carbocycles. The number of aryl methyl sites for hydroxylation is 1. The number of carbonyl (C=O) groups excluding carboxylic acids is 1. The van der Waals surface area contributed by atoms with Crippen molar-refractivity contribution in [2.45, 2.75) is 12.1 Å². The van der Waals surface area contributed by atoms with E-state index in [0.717, 1.165) is 16.5 Å². The lowest BCUT2D eigenvalue weighted by atomic mass is 10.2. The highest BCUT2D eigenvalue weighted by atomic mass is 32.2. The van der Waals surface area contributed by atoms with E-state index in [4.69, 9.17) is 4.42 Å². The van der Waals surface area contributed by atoms with Crippen LogP contribution in [0.15, 0.2) is 58.1 Å². The van der Waals surface area contributed by atoms with Crippen LogP contribution in [-0.2, 0) is 11.8 Å². The summed E-state index contributed by atoms with van der Waals surface area (Å²) in [7, 11) is 1.83. The first-order chi connectivity index (χ1) is 13.5. The van der Waals surface area contributed by atoms with Crippen molar-refractivity contribution in [1.29, 1.82) is 0 Å². The first-order valence-electron chi connectivity index (χ1n) is 8.62. The van der Waals surface area contributed by atoms with Crippen LogP contribution in [0.25, 0.3) is 22.6 Å². The lowest BCUT2D eigenvalue weighted by Crippen LogP contribution is -2.14. The Balaban J connectivity index is 1.46. The van der Waals surface area contributed by atoms with Crippen molar-refractivity contribution in [3.05, 3.63) is 54.1 Å². The molecule has 0 fully saturated rings. The molecule has 2 heterocycles. The van der Waals surface area contributed by atoms with Gasteiger partial charge in [0, 0.05) is 12.4 Å². The van der Waals surface area contributed by atoms with Gasteiger partial charge in [-0.15, -0.1) is 10.2 Å². The molecule has 2 aromatic heterocycles. The summed E-state index contributed by atoms with van der Waals surface area (Å²) in [5, 5.41) is 22.5. The first-order valence-corrected chi connectivity index (χ1v) is 9.60. The lowest BCUT2D eigenvalue weighted by molar-refractivity contribution is -0.113. The number of anilines is 1. The number of hydrogen-bond donors (Lipinski definition) is 2. The van der Waals surface area contributed by atoms with Gasteiger partial charge >= 0.3 is 0 Å². The SMILES string of the molecule is Cc1ccc(O)c(NC(=O)CSc2nnc(-c3cc4ccccc4o3)n2C)c1. The van der Waals surface area contributed by atoms with E-state index in [0.29, 0.717) is 22.4 Å². The predicted molar refractivity (Wildman–Crippen MR) is 108 cm³/mol. The maximum absolute atomic E-state index is 12.2. The summed E-state index contributed by atoms with van der Waals surface area (Å²) in [6, 6.07) is 14.7. The van der Waals surface area contributed by atoms with Crippen molar-refractivity contribution in [2.24, 2.45) is 7.05 Å². The Kier molecular flexibility index (Phi) is 4.79. The smallest absolute Gasteiger partial charge is 0.234 e. The van der Waals surface area contributed by atoms with Crippen LogP contribution in [0.5, 0.6) is 5.75 Å². The summed E-state index contributed by atoms with van der Waals surface area (Å²) in [5.74, 6) is 1.15. The fourth-order valence-electron chi connectivity index (χ4n) is 2.81. The normalized spacial score (nSPS) is 11.1. The maximum atomic E-state index is 12.2. The molecule has 0 atom stereocenters. The van der Waals surface area contributed by atoms with Crippen LogP contribution in [-0.4, -0.2) is 31.5 Å². The van der Waals surface area contributed by atoms with Gasteiger partial charge in [-0.25, -0.2) is 0 Å². The monoisotopic (exact) mass is 394 g/mol. The van der Waals surface area contributed by atoms with E-state index in [9.17, 15) is 9.90 Å². The number of rotatable bonds is 5. The molecular formula is C20H18N4O3S. The van der Waals surface area contributed by atoms with Crippen LogP contribution < -0.4 is 5.32 Å². The highest BCUT2D eigenvalue weighted by Crippen LogP contribution is 2.29. The minimum atomic E-state index is -0.237. The summed E-state index contributed by atoms with van der Waals surface area (Å²) in [6.45, 7) is 1.89. The molecule has 0 saturated carbocycles. The molecule has 0 radical (unpaired) electrons. The molecule has 8 heteroatoms. The molecule has 7 nitrogen and oxygen atoms in total. The van der Waals surface area contributed by atoms with E-state index in [-0.39, 0.29) is 17.4 Å². The minimum Gasteiger partial charge on any atom is -0.506 e. The number of amides is 1. The standard InChI is InChI=1S/C20H18N4O3S/c1-12-7-8-15(25)14(9-12)21-18(26)11-28-20-23-22-19(24(20)2)17-10-13-5-3-4-6-16(13)27-17/h3-10,25H,11H2,1-2H3,(H,21,26). The van der Waals surface area contributed by atoms with Crippen molar-refractivity contribution in [3.63, 3.8) is 0 Å². The van der Waals surface area contributed by atoms with E-state index in [1.807, 2.05) is 44.3 Å². The Hall–Kier alpha value is -3.26. The van der Waals surface area contributed by atoms with Crippen LogP contribution in [0.4, 0.5) is 5.69 Å².